The number of aromatic nitrogens is 2. The molecule has 2 aromatic carbocycles. The van der Waals surface area contributed by atoms with E-state index in [0.29, 0.717) is 23.4 Å². The third kappa shape index (κ3) is 7.12. The first-order valence-corrected chi connectivity index (χ1v) is 11.9. The van der Waals surface area contributed by atoms with E-state index in [2.05, 4.69) is 15.2 Å². The molecule has 1 heterocycles. The van der Waals surface area contributed by atoms with Gasteiger partial charge in [-0.3, -0.25) is 9.59 Å². The summed E-state index contributed by atoms with van der Waals surface area (Å²) in [6, 6.07) is 10.5. The summed E-state index contributed by atoms with van der Waals surface area (Å²) < 4.78 is 51.7. The summed E-state index contributed by atoms with van der Waals surface area (Å²) in [7, 11) is 1.29. The van der Waals surface area contributed by atoms with E-state index in [0.717, 1.165) is 35.5 Å². The van der Waals surface area contributed by atoms with Gasteiger partial charge in [-0.1, -0.05) is 31.5 Å². The molecule has 37 heavy (non-hydrogen) atoms. The van der Waals surface area contributed by atoms with E-state index >= 15 is 0 Å². The smallest absolute Gasteiger partial charge is 0.419 e. The molecule has 0 aliphatic carbocycles. The monoisotopic (exact) mass is 517 g/mol. The van der Waals surface area contributed by atoms with Gasteiger partial charge in [0.05, 0.1) is 25.3 Å². The van der Waals surface area contributed by atoms with Gasteiger partial charge in [-0.05, 0) is 55.2 Å². The van der Waals surface area contributed by atoms with Crippen LogP contribution in [0.2, 0.25) is 0 Å². The van der Waals surface area contributed by atoms with Gasteiger partial charge in [0.2, 0.25) is 0 Å². The van der Waals surface area contributed by atoms with E-state index < -0.39 is 23.8 Å². The summed E-state index contributed by atoms with van der Waals surface area (Å²) in [4.78, 5) is 23.6. The van der Waals surface area contributed by atoms with Gasteiger partial charge < -0.3 is 14.8 Å². The summed E-state index contributed by atoms with van der Waals surface area (Å²) in [5.41, 5.74) is 2.45. The molecule has 1 atom stereocenters. The van der Waals surface area contributed by atoms with Crippen LogP contribution >= 0.6 is 0 Å². The highest BCUT2D eigenvalue weighted by molar-refractivity contribution is 5.94. The quantitative estimate of drug-likeness (QED) is 0.348. The maximum atomic E-state index is 13.2. The highest BCUT2D eigenvalue weighted by Crippen LogP contribution is 2.35. The molecule has 198 valence electrons. The molecule has 0 saturated heterocycles. The first-order valence-electron chi connectivity index (χ1n) is 11.9. The second kappa shape index (κ2) is 11.9. The molecule has 0 fully saturated rings. The van der Waals surface area contributed by atoms with Crippen molar-refractivity contribution in [1.82, 2.24) is 15.1 Å². The Kier molecular flexibility index (Phi) is 8.96. The Morgan fingerprint density at radius 3 is 2.43 bits per heavy atom. The van der Waals surface area contributed by atoms with Crippen LogP contribution in [0.1, 0.15) is 64.9 Å². The van der Waals surface area contributed by atoms with Crippen LogP contribution in [0.3, 0.4) is 0 Å². The first kappa shape index (κ1) is 27.8. The van der Waals surface area contributed by atoms with Crippen molar-refractivity contribution in [3.8, 4) is 11.4 Å². The van der Waals surface area contributed by atoms with Crippen molar-refractivity contribution in [3.63, 3.8) is 0 Å². The standard InChI is InChI=1S/C27H30F3N3O4/c1-5-6-22(19-7-9-20(10-8-19)26(35)31-12-11-24(34)36-4)37-23-14-17(2)13-18(3)25(23)33-16-21(15-32-33)27(28,29)30/h7-10,13-16,22H,5-6,11-12H2,1-4H3,(H,31,35)/t22-/m0/s1. The summed E-state index contributed by atoms with van der Waals surface area (Å²) in [6.45, 7) is 5.85. The Morgan fingerprint density at radius 2 is 1.84 bits per heavy atom. The molecule has 0 aliphatic heterocycles. The number of halogens is 3. The van der Waals surface area contributed by atoms with Crippen molar-refractivity contribution >= 4 is 11.9 Å². The van der Waals surface area contributed by atoms with Gasteiger partial charge in [-0.15, -0.1) is 0 Å². The maximum Gasteiger partial charge on any atom is 0.419 e. The van der Waals surface area contributed by atoms with E-state index in [4.69, 9.17) is 4.74 Å². The number of carbonyl (C=O) groups is 2. The van der Waals surface area contributed by atoms with Crippen molar-refractivity contribution < 1.29 is 32.2 Å². The average molecular weight is 518 g/mol. The number of hydrogen-bond acceptors (Lipinski definition) is 5. The lowest BCUT2D eigenvalue weighted by Crippen LogP contribution is -2.26. The van der Waals surface area contributed by atoms with E-state index in [1.165, 1.54) is 11.8 Å². The fraction of sp³-hybridized carbons (Fsp3) is 0.370. The van der Waals surface area contributed by atoms with E-state index in [-0.39, 0.29) is 18.9 Å². The first-order chi connectivity index (χ1) is 17.5. The fourth-order valence-corrected chi connectivity index (χ4v) is 3.94. The molecule has 0 radical (unpaired) electrons. The third-order valence-corrected chi connectivity index (χ3v) is 5.76. The minimum absolute atomic E-state index is 0.0751. The van der Waals surface area contributed by atoms with Crippen LogP contribution in [0, 0.1) is 13.8 Å². The second-order valence-electron chi connectivity index (χ2n) is 8.70. The lowest BCUT2D eigenvalue weighted by Gasteiger charge is -2.23. The number of nitrogens with zero attached hydrogens (tertiary/aromatic N) is 2. The zero-order valence-electron chi connectivity index (χ0n) is 21.2. The van der Waals surface area contributed by atoms with Crippen molar-refractivity contribution in [2.75, 3.05) is 13.7 Å². The Balaban J connectivity index is 1.85. The van der Waals surface area contributed by atoms with Crippen molar-refractivity contribution in [3.05, 3.63) is 76.6 Å². The number of amides is 1. The predicted molar refractivity (Wildman–Crippen MR) is 132 cm³/mol. The molecule has 0 spiro atoms. The Labute approximate surface area is 213 Å². The Hall–Kier alpha value is -3.82. The molecule has 3 aromatic rings. The summed E-state index contributed by atoms with van der Waals surface area (Å²) >= 11 is 0. The number of benzene rings is 2. The van der Waals surface area contributed by atoms with Crippen LogP contribution in [0.25, 0.3) is 5.69 Å². The normalized spacial score (nSPS) is 12.2. The maximum absolute atomic E-state index is 13.2. The largest absolute Gasteiger partial charge is 0.483 e. The zero-order chi connectivity index (χ0) is 27.2. The van der Waals surface area contributed by atoms with Crippen LogP contribution in [-0.4, -0.2) is 35.3 Å². The SMILES string of the molecule is CCC[C@H](Oc1cc(C)cc(C)c1-n1cc(C(F)(F)F)cn1)c1ccc(C(=O)NCCC(=O)OC)cc1. The summed E-state index contributed by atoms with van der Waals surface area (Å²) in [5.74, 6) is -0.317. The van der Waals surface area contributed by atoms with Crippen LogP contribution in [0.5, 0.6) is 5.75 Å². The highest BCUT2D eigenvalue weighted by atomic mass is 19.4. The molecule has 0 bridgehead atoms. The predicted octanol–water partition coefficient (Wildman–Crippen LogP) is 5.72. The molecule has 10 heteroatoms. The zero-order valence-corrected chi connectivity index (χ0v) is 21.2. The molecule has 3 rings (SSSR count). The number of esters is 1. The number of nitrogens with one attached hydrogen (secondary N) is 1. The number of aryl methyl sites for hydroxylation is 2. The van der Waals surface area contributed by atoms with E-state index in [1.54, 1.807) is 37.3 Å². The molecule has 0 saturated carbocycles. The lowest BCUT2D eigenvalue weighted by molar-refractivity contribution is -0.140. The van der Waals surface area contributed by atoms with Gasteiger partial charge in [-0.25, -0.2) is 4.68 Å². The summed E-state index contributed by atoms with van der Waals surface area (Å²) in [5, 5.41) is 6.61. The van der Waals surface area contributed by atoms with Crippen LogP contribution in [0.4, 0.5) is 13.2 Å². The van der Waals surface area contributed by atoms with E-state index in [9.17, 15) is 22.8 Å². The number of methoxy groups -OCH3 is 1. The number of alkyl halides is 3. The van der Waals surface area contributed by atoms with Crippen LogP contribution in [0.15, 0.2) is 48.8 Å². The molecule has 1 aromatic heterocycles. The lowest BCUT2D eigenvalue weighted by atomic mass is 10.0. The van der Waals surface area contributed by atoms with Crippen molar-refractivity contribution in [2.45, 2.75) is 52.3 Å². The number of ether oxygens (including phenoxy) is 2. The molecule has 0 unspecified atom stereocenters. The molecule has 1 N–H and O–H groups in total. The minimum atomic E-state index is -4.50. The van der Waals surface area contributed by atoms with Gasteiger partial charge in [0.1, 0.15) is 17.5 Å². The van der Waals surface area contributed by atoms with Gasteiger partial charge >= 0.3 is 12.1 Å². The van der Waals surface area contributed by atoms with Gasteiger partial charge in [0.15, 0.2) is 0 Å². The van der Waals surface area contributed by atoms with Crippen LogP contribution in [-0.2, 0) is 15.7 Å². The van der Waals surface area contributed by atoms with Crippen molar-refractivity contribution in [1.29, 1.82) is 0 Å². The second-order valence-corrected chi connectivity index (χ2v) is 8.70. The molecule has 7 nitrogen and oxygen atoms in total. The highest BCUT2D eigenvalue weighted by Gasteiger charge is 2.33. The van der Waals surface area contributed by atoms with E-state index in [1.807, 2.05) is 19.9 Å². The molecular formula is C27H30F3N3O4. The molecular weight excluding hydrogens is 487 g/mol. The number of carbonyl (C=O) groups excluding carboxylic acids is 2. The number of rotatable bonds is 10. The Morgan fingerprint density at radius 1 is 1.14 bits per heavy atom. The Bertz CT molecular complexity index is 1240. The number of hydrogen-bond donors (Lipinski definition) is 1. The minimum Gasteiger partial charge on any atom is -0.483 e. The molecule has 0 aliphatic rings. The topological polar surface area (TPSA) is 82.5 Å². The van der Waals surface area contributed by atoms with Gasteiger partial charge in [0.25, 0.3) is 5.91 Å². The summed E-state index contributed by atoms with van der Waals surface area (Å²) in [6.07, 6.45) is -1.65. The molecule has 1 amide bonds. The van der Waals surface area contributed by atoms with Gasteiger partial charge in [0, 0.05) is 18.3 Å². The fourth-order valence-electron chi connectivity index (χ4n) is 3.94. The third-order valence-electron chi connectivity index (χ3n) is 5.76. The van der Waals surface area contributed by atoms with Crippen LogP contribution < -0.4 is 10.1 Å². The van der Waals surface area contributed by atoms with Crippen molar-refractivity contribution in [2.24, 2.45) is 0 Å². The average Bonchev–Trinajstić information content (AvgIpc) is 3.34. The van der Waals surface area contributed by atoms with Gasteiger partial charge in [-0.2, -0.15) is 18.3 Å².